The van der Waals surface area contributed by atoms with Crippen LogP contribution in [0.3, 0.4) is 0 Å². The van der Waals surface area contributed by atoms with Gasteiger partial charge >= 0.3 is 0 Å². The molecule has 3 heterocycles. The Kier molecular flexibility index (Phi) is 5.14. The maximum atomic E-state index is 6.04. The van der Waals surface area contributed by atoms with Gasteiger partial charge in [-0.15, -0.1) is 10.2 Å². The number of aliphatic imine (C=N–C) groups is 1. The lowest BCUT2D eigenvalue weighted by Gasteiger charge is -2.60. The molecule has 0 amide bonds. The molecule has 1 saturated heterocycles. The number of nitrogens with zero attached hydrogens (tertiary/aromatic N) is 4. The van der Waals surface area contributed by atoms with Crippen LogP contribution in [0.25, 0.3) is 0 Å². The molecule has 2 fully saturated rings. The number of fused-ring (bicyclic) bond motifs is 2. The van der Waals surface area contributed by atoms with Gasteiger partial charge < -0.3 is 19.9 Å². The molecular formula is C20H34N6O. The predicted molar refractivity (Wildman–Crippen MR) is 106 cm³/mol. The largest absolute Gasteiger partial charge is 0.377 e. The van der Waals surface area contributed by atoms with Crippen LogP contribution in [0.4, 0.5) is 0 Å². The quantitative estimate of drug-likeness (QED) is 0.622. The van der Waals surface area contributed by atoms with Gasteiger partial charge in [-0.25, -0.2) is 0 Å². The zero-order valence-electron chi connectivity index (χ0n) is 17.2. The van der Waals surface area contributed by atoms with Crippen LogP contribution in [0.5, 0.6) is 0 Å². The smallest absolute Gasteiger partial charge is 0.191 e. The number of hydrogen-bond donors (Lipinski definition) is 2. The monoisotopic (exact) mass is 374 g/mol. The van der Waals surface area contributed by atoms with Crippen molar-refractivity contribution in [3.63, 3.8) is 0 Å². The molecule has 27 heavy (non-hydrogen) atoms. The third-order valence-electron chi connectivity index (χ3n) is 6.70. The second kappa shape index (κ2) is 7.41. The van der Waals surface area contributed by atoms with Gasteiger partial charge in [0.15, 0.2) is 5.96 Å². The highest BCUT2D eigenvalue weighted by Gasteiger charge is 2.58. The predicted octanol–water partition coefficient (Wildman–Crippen LogP) is 1.91. The van der Waals surface area contributed by atoms with Gasteiger partial charge in [-0.1, -0.05) is 13.8 Å². The van der Waals surface area contributed by atoms with E-state index >= 15 is 0 Å². The average molecular weight is 375 g/mol. The minimum Gasteiger partial charge on any atom is -0.377 e. The molecule has 1 aliphatic carbocycles. The Bertz CT molecular complexity index is 697. The van der Waals surface area contributed by atoms with E-state index < -0.39 is 0 Å². The maximum Gasteiger partial charge on any atom is 0.191 e. The summed E-state index contributed by atoms with van der Waals surface area (Å²) in [7, 11) is 0. The summed E-state index contributed by atoms with van der Waals surface area (Å²) in [6.07, 6.45) is 4.95. The molecule has 2 N–H and O–H groups in total. The van der Waals surface area contributed by atoms with Crippen LogP contribution in [-0.2, 0) is 17.7 Å². The summed E-state index contributed by atoms with van der Waals surface area (Å²) in [5, 5.41) is 15.7. The Hall–Kier alpha value is -1.63. The Labute approximate surface area is 162 Å². The van der Waals surface area contributed by atoms with Gasteiger partial charge in [-0.3, -0.25) is 4.99 Å². The number of ether oxygens (including phenoxy) is 1. The Balaban J connectivity index is 1.40. The summed E-state index contributed by atoms with van der Waals surface area (Å²) >= 11 is 0. The average Bonchev–Trinajstić information content (AvgIpc) is 3.04. The minimum atomic E-state index is 0.153. The summed E-state index contributed by atoms with van der Waals surface area (Å²) in [6.45, 7) is 12.4. The number of aryl methyl sites for hydroxylation is 2. The Morgan fingerprint density at radius 2 is 2.19 bits per heavy atom. The molecule has 4 unspecified atom stereocenters. The first kappa shape index (κ1) is 18.7. The highest BCUT2D eigenvalue weighted by Crippen LogP contribution is 2.51. The first-order valence-electron chi connectivity index (χ1n) is 10.6. The second-order valence-electron chi connectivity index (χ2n) is 8.94. The van der Waals surface area contributed by atoms with Crippen LogP contribution in [-0.4, -0.2) is 52.6 Å². The number of rotatable bonds is 4. The lowest BCUT2D eigenvalue weighted by molar-refractivity contribution is -0.188. The van der Waals surface area contributed by atoms with Crippen molar-refractivity contribution in [2.45, 2.75) is 72.1 Å². The van der Waals surface area contributed by atoms with E-state index in [1.54, 1.807) is 0 Å². The van der Waals surface area contributed by atoms with Gasteiger partial charge in [0, 0.05) is 50.0 Å². The molecule has 2 aliphatic heterocycles. The number of aromatic nitrogens is 3. The Morgan fingerprint density at radius 1 is 1.33 bits per heavy atom. The van der Waals surface area contributed by atoms with Crippen molar-refractivity contribution < 1.29 is 4.74 Å². The molecule has 150 valence electrons. The van der Waals surface area contributed by atoms with Gasteiger partial charge in [0.1, 0.15) is 11.6 Å². The van der Waals surface area contributed by atoms with E-state index in [1.165, 1.54) is 12.8 Å². The molecular weight excluding hydrogens is 340 g/mol. The van der Waals surface area contributed by atoms with Crippen molar-refractivity contribution in [2.24, 2.45) is 22.2 Å². The van der Waals surface area contributed by atoms with E-state index in [9.17, 15) is 0 Å². The van der Waals surface area contributed by atoms with Crippen molar-refractivity contribution in [3.8, 4) is 0 Å². The van der Waals surface area contributed by atoms with Crippen LogP contribution < -0.4 is 10.6 Å². The van der Waals surface area contributed by atoms with E-state index in [0.717, 1.165) is 56.7 Å². The molecule has 0 aromatic carbocycles. The van der Waals surface area contributed by atoms with E-state index in [2.05, 4.69) is 46.2 Å². The standard InChI is InChI=1S/C20H34N6O/c1-5-21-19(23-17-15-7-6-10-27-18(15)20(17,3)4)22-11-14-8-9-16-25-24-13(2)26(16)12-14/h14-15,17-18H,5-12H2,1-4H3,(H2,21,22,23). The van der Waals surface area contributed by atoms with Crippen LogP contribution in [0, 0.1) is 24.2 Å². The third-order valence-corrected chi connectivity index (χ3v) is 6.70. The molecule has 7 heteroatoms. The first-order chi connectivity index (χ1) is 13.0. The topological polar surface area (TPSA) is 76.4 Å². The molecule has 1 aromatic heterocycles. The molecule has 0 bridgehead atoms. The van der Waals surface area contributed by atoms with Crippen LogP contribution >= 0.6 is 0 Å². The van der Waals surface area contributed by atoms with Crippen molar-refractivity contribution in [3.05, 3.63) is 11.6 Å². The fourth-order valence-electron chi connectivity index (χ4n) is 5.18. The highest BCUT2D eigenvalue weighted by molar-refractivity contribution is 5.80. The normalized spacial score (nSPS) is 32.2. The van der Waals surface area contributed by atoms with Gasteiger partial charge in [-0.2, -0.15) is 0 Å². The molecule has 3 aliphatic rings. The third kappa shape index (κ3) is 3.46. The van der Waals surface area contributed by atoms with Crippen LogP contribution in [0.15, 0.2) is 4.99 Å². The van der Waals surface area contributed by atoms with Crippen molar-refractivity contribution >= 4 is 5.96 Å². The lowest BCUT2D eigenvalue weighted by Crippen LogP contribution is -2.71. The SMILES string of the molecule is CCNC(=NCC1CCc2nnc(C)n2C1)NC1C2CCCOC2C1(C)C. The zero-order chi connectivity index (χ0) is 19.0. The summed E-state index contributed by atoms with van der Waals surface area (Å²) < 4.78 is 8.29. The van der Waals surface area contributed by atoms with Crippen molar-refractivity contribution in [1.82, 2.24) is 25.4 Å². The summed E-state index contributed by atoms with van der Waals surface area (Å²) in [5.74, 6) is 4.24. The fraction of sp³-hybridized carbons (Fsp3) is 0.850. The molecule has 1 aromatic rings. The lowest BCUT2D eigenvalue weighted by atomic mass is 9.55. The summed E-state index contributed by atoms with van der Waals surface area (Å²) in [5.41, 5.74) is 0.153. The first-order valence-corrected chi connectivity index (χ1v) is 10.6. The van der Waals surface area contributed by atoms with Crippen molar-refractivity contribution in [2.75, 3.05) is 19.7 Å². The van der Waals surface area contributed by atoms with E-state index in [-0.39, 0.29) is 5.41 Å². The Morgan fingerprint density at radius 3 is 3.00 bits per heavy atom. The van der Waals surface area contributed by atoms with E-state index in [1.807, 2.05) is 6.92 Å². The molecule has 7 nitrogen and oxygen atoms in total. The number of hydrogen-bond acceptors (Lipinski definition) is 4. The molecule has 1 saturated carbocycles. The summed E-state index contributed by atoms with van der Waals surface area (Å²) in [6, 6.07) is 0.429. The number of guanidine groups is 1. The molecule has 4 rings (SSSR count). The van der Waals surface area contributed by atoms with Crippen molar-refractivity contribution in [1.29, 1.82) is 0 Å². The summed E-state index contributed by atoms with van der Waals surface area (Å²) in [4.78, 5) is 4.95. The van der Waals surface area contributed by atoms with Crippen LogP contribution in [0.1, 0.15) is 51.7 Å². The minimum absolute atomic E-state index is 0.153. The molecule has 0 spiro atoms. The molecule has 4 atom stereocenters. The number of nitrogens with one attached hydrogen (secondary N) is 2. The zero-order valence-corrected chi connectivity index (χ0v) is 17.2. The maximum absolute atomic E-state index is 6.04. The highest BCUT2D eigenvalue weighted by atomic mass is 16.5. The second-order valence-corrected chi connectivity index (χ2v) is 8.94. The van der Waals surface area contributed by atoms with E-state index in [0.29, 0.717) is 24.0 Å². The van der Waals surface area contributed by atoms with Crippen LogP contribution in [0.2, 0.25) is 0 Å². The van der Waals surface area contributed by atoms with E-state index in [4.69, 9.17) is 9.73 Å². The van der Waals surface area contributed by atoms with Gasteiger partial charge in [0.2, 0.25) is 0 Å². The van der Waals surface area contributed by atoms with Gasteiger partial charge in [0.25, 0.3) is 0 Å². The van der Waals surface area contributed by atoms with Gasteiger partial charge in [-0.05, 0) is 39.0 Å². The molecule has 0 radical (unpaired) electrons. The van der Waals surface area contributed by atoms with Gasteiger partial charge in [0.05, 0.1) is 6.10 Å². The fourth-order valence-corrected chi connectivity index (χ4v) is 5.18.